The van der Waals surface area contributed by atoms with Crippen LogP contribution in [0.25, 0.3) is 0 Å². The van der Waals surface area contributed by atoms with Crippen molar-refractivity contribution in [3.8, 4) is 0 Å². The van der Waals surface area contributed by atoms with E-state index < -0.39 is 0 Å². The Morgan fingerprint density at radius 2 is 2.55 bits per heavy atom. The van der Waals surface area contributed by atoms with Crippen LogP contribution in [0.4, 0.5) is 0 Å². The molecule has 0 N–H and O–H groups in total. The van der Waals surface area contributed by atoms with E-state index in [1.165, 1.54) is 0 Å². The Morgan fingerprint density at radius 3 is 3.18 bits per heavy atom. The summed E-state index contributed by atoms with van der Waals surface area (Å²) in [5, 5.41) is 0. The standard InChI is InChI=1S/C9H12O2/c1-2-3-6-10-8-9-5-4-7-11-9/h2-5,7H,6,8H2,1H3. The highest BCUT2D eigenvalue weighted by Gasteiger charge is 1.91. The average molecular weight is 152 g/mol. The van der Waals surface area contributed by atoms with E-state index in [9.17, 15) is 0 Å². The quantitative estimate of drug-likeness (QED) is 0.488. The SMILES string of the molecule is CC=CCOCc1ccco1. The maximum Gasteiger partial charge on any atom is 0.129 e. The van der Waals surface area contributed by atoms with Crippen LogP contribution >= 0.6 is 0 Å². The molecule has 0 radical (unpaired) electrons. The molecule has 0 fully saturated rings. The van der Waals surface area contributed by atoms with Crippen LogP contribution in [0, 0.1) is 0 Å². The fourth-order valence-electron chi connectivity index (χ4n) is 0.718. The Hall–Kier alpha value is -1.02. The van der Waals surface area contributed by atoms with E-state index in [0.29, 0.717) is 13.2 Å². The van der Waals surface area contributed by atoms with Crippen molar-refractivity contribution in [3.63, 3.8) is 0 Å². The summed E-state index contributed by atoms with van der Waals surface area (Å²) in [4.78, 5) is 0. The summed E-state index contributed by atoms with van der Waals surface area (Å²) < 4.78 is 10.3. The van der Waals surface area contributed by atoms with E-state index in [2.05, 4.69) is 0 Å². The minimum absolute atomic E-state index is 0.553. The van der Waals surface area contributed by atoms with E-state index >= 15 is 0 Å². The summed E-state index contributed by atoms with van der Waals surface area (Å²) in [7, 11) is 0. The smallest absolute Gasteiger partial charge is 0.129 e. The molecule has 2 nitrogen and oxygen atoms in total. The number of furan rings is 1. The van der Waals surface area contributed by atoms with Crippen molar-refractivity contribution in [2.24, 2.45) is 0 Å². The van der Waals surface area contributed by atoms with Gasteiger partial charge >= 0.3 is 0 Å². The lowest BCUT2D eigenvalue weighted by atomic mass is 10.5. The lowest BCUT2D eigenvalue weighted by molar-refractivity contribution is 0.131. The molecule has 2 heteroatoms. The van der Waals surface area contributed by atoms with Crippen LogP contribution in [-0.2, 0) is 11.3 Å². The monoisotopic (exact) mass is 152 g/mol. The minimum atomic E-state index is 0.553. The van der Waals surface area contributed by atoms with Crippen LogP contribution in [0.3, 0.4) is 0 Å². The molecule has 1 heterocycles. The molecular formula is C9H12O2. The van der Waals surface area contributed by atoms with Gasteiger partial charge in [-0.3, -0.25) is 0 Å². The zero-order valence-corrected chi connectivity index (χ0v) is 6.62. The Balaban J connectivity index is 2.14. The molecule has 0 aliphatic rings. The number of hydrogen-bond donors (Lipinski definition) is 0. The van der Waals surface area contributed by atoms with Gasteiger partial charge in [0.15, 0.2) is 0 Å². The molecule has 1 aromatic rings. The molecule has 0 amide bonds. The summed E-state index contributed by atoms with van der Waals surface area (Å²) in [6.07, 6.45) is 5.57. The fraction of sp³-hybridized carbons (Fsp3) is 0.333. The van der Waals surface area contributed by atoms with Crippen LogP contribution in [0.5, 0.6) is 0 Å². The van der Waals surface area contributed by atoms with Gasteiger partial charge in [0, 0.05) is 0 Å². The number of rotatable bonds is 4. The molecule has 1 rings (SSSR count). The molecular weight excluding hydrogens is 140 g/mol. The molecule has 0 aliphatic carbocycles. The molecule has 0 saturated heterocycles. The number of hydrogen-bond acceptors (Lipinski definition) is 2. The van der Waals surface area contributed by atoms with E-state index in [0.717, 1.165) is 5.76 Å². The highest BCUT2D eigenvalue weighted by atomic mass is 16.5. The topological polar surface area (TPSA) is 22.4 Å². The van der Waals surface area contributed by atoms with Gasteiger partial charge < -0.3 is 9.15 Å². The molecule has 0 atom stereocenters. The van der Waals surface area contributed by atoms with E-state index in [-0.39, 0.29) is 0 Å². The number of ether oxygens (including phenoxy) is 1. The normalized spacial score (nSPS) is 11.0. The molecule has 60 valence electrons. The predicted molar refractivity (Wildman–Crippen MR) is 43.2 cm³/mol. The van der Waals surface area contributed by atoms with Crippen molar-refractivity contribution < 1.29 is 9.15 Å². The molecule has 0 aromatic carbocycles. The molecule has 0 saturated carbocycles. The third-order valence-electron chi connectivity index (χ3n) is 1.27. The zero-order chi connectivity index (χ0) is 7.94. The molecule has 11 heavy (non-hydrogen) atoms. The Morgan fingerprint density at radius 1 is 1.64 bits per heavy atom. The van der Waals surface area contributed by atoms with Gasteiger partial charge in [-0.25, -0.2) is 0 Å². The molecule has 0 bridgehead atoms. The summed E-state index contributed by atoms with van der Waals surface area (Å²) in [6.45, 7) is 3.17. The zero-order valence-electron chi connectivity index (χ0n) is 6.62. The maximum absolute atomic E-state index is 5.24. The molecule has 0 spiro atoms. The van der Waals surface area contributed by atoms with Crippen LogP contribution in [0.1, 0.15) is 12.7 Å². The highest BCUT2D eigenvalue weighted by molar-refractivity contribution is 4.96. The third kappa shape index (κ3) is 3.05. The predicted octanol–water partition coefficient (Wildman–Crippen LogP) is 2.37. The highest BCUT2D eigenvalue weighted by Crippen LogP contribution is 2.00. The first kappa shape index (κ1) is 8.08. The minimum Gasteiger partial charge on any atom is -0.467 e. The van der Waals surface area contributed by atoms with Crippen LogP contribution in [0.15, 0.2) is 35.0 Å². The first-order valence-electron chi connectivity index (χ1n) is 3.65. The fourth-order valence-corrected chi connectivity index (χ4v) is 0.718. The van der Waals surface area contributed by atoms with Crippen LogP contribution in [0.2, 0.25) is 0 Å². The van der Waals surface area contributed by atoms with Gasteiger partial charge in [0.05, 0.1) is 12.9 Å². The summed E-state index contributed by atoms with van der Waals surface area (Å²) in [5.74, 6) is 0.870. The van der Waals surface area contributed by atoms with Crippen molar-refractivity contribution >= 4 is 0 Å². The van der Waals surface area contributed by atoms with Gasteiger partial charge in [0.25, 0.3) is 0 Å². The largest absolute Gasteiger partial charge is 0.467 e. The van der Waals surface area contributed by atoms with E-state index in [1.807, 2.05) is 31.2 Å². The lowest BCUT2D eigenvalue weighted by Crippen LogP contribution is -1.90. The average Bonchev–Trinajstić information content (AvgIpc) is 2.50. The number of allylic oxidation sites excluding steroid dienone is 1. The van der Waals surface area contributed by atoms with Crippen molar-refractivity contribution in [2.45, 2.75) is 13.5 Å². The Labute approximate surface area is 66.5 Å². The summed E-state index contributed by atoms with van der Waals surface area (Å²) in [5.41, 5.74) is 0. The van der Waals surface area contributed by atoms with E-state index in [1.54, 1.807) is 6.26 Å². The first-order chi connectivity index (χ1) is 5.43. The first-order valence-corrected chi connectivity index (χ1v) is 3.65. The lowest BCUT2D eigenvalue weighted by Gasteiger charge is -1.95. The van der Waals surface area contributed by atoms with Crippen LogP contribution < -0.4 is 0 Å². The van der Waals surface area contributed by atoms with Gasteiger partial charge in [-0.2, -0.15) is 0 Å². The van der Waals surface area contributed by atoms with Crippen molar-refractivity contribution in [3.05, 3.63) is 36.3 Å². The summed E-state index contributed by atoms with van der Waals surface area (Å²) >= 11 is 0. The third-order valence-corrected chi connectivity index (χ3v) is 1.27. The summed E-state index contributed by atoms with van der Waals surface area (Å²) in [6, 6.07) is 3.75. The second kappa shape index (κ2) is 4.74. The van der Waals surface area contributed by atoms with Gasteiger partial charge in [-0.05, 0) is 19.1 Å². The van der Waals surface area contributed by atoms with Gasteiger partial charge in [-0.1, -0.05) is 12.2 Å². The van der Waals surface area contributed by atoms with Gasteiger partial charge in [0.1, 0.15) is 12.4 Å². The second-order valence-electron chi connectivity index (χ2n) is 2.16. The maximum atomic E-state index is 5.24. The van der Waals surface area contributed by atoms with Gasteiger partial charge in [0.2, 0.25) is 0 Å². The van der Waals surface area contributed by atoms with Crippen molar-refractivity contribution in [2.75, 3.05) is 6.61 Å². The Kier molecular flexibility index (Phi) is 3.48. The van der Waals surface area contributed by atoms with Crippen molar-refractivity contribution in [1.82, 2.24) is 0 Å². The van der Waals surface area contributed by atoms with Crippen molar-refractivity contribution in [1.29, 1.82) is 0 Å². The second-order valence-corrected chi connectivity index (χ2v) is 2.16. The van der Waals surface area contributed by atoms with Crippen LogP contribution in [-0.4, -0.2) is 6.61 Å². The molecule has 0 unspecified atom stereocenters. The molecule has 0 aliphatic heterocycles. The van der Waals surface area contributed by atoms with Gasteiger partial charge in [-0.15, -0.1) is 0 Å². The molecule has 1 aromatic heterocycles. The Bertz CT molecular complexity index is 199. The van der Waals surface area contributed by atoms with E-state index in [4.69, 9.17) is 9.15 Å².